The fourth-order valence-corrected chi connectivity index (χ4v) is 3.49. The maximum atomic E-state index is 12.6. The van der Waals surface area contributed by atoms with Crippen LogP contribution in [-0.2, 0) is 30.4 Å². The van der Waals surface area contributed by atoms with E-state index in [4.69, 9.17) is 11.5 Å². The fraction of sp³-hybridized carbons (Fsp3) is 0.435. The molecule has 3 atom stereocenters. The number of carbonyl (C=O) groups excluding carboxylic acids is 4. The van der Waals surface area contributed by atoms with E-state index in [0.717, 1.165) is 16.5 Å². The third-order valence-electron chi connectivity index (χ3n) is 5.43. The first-order valence-corrected chi connectivity index (χ1v) is 11.2. The second kappa shape index (κ2) is 12.5. The first-order valence-electron chi connectivity index (χ1n) is 11.2. The summed E-state index contributed by atoms with van der Waals surface area (Å²) in [6, 6.07) is 4.30. The summed E-state index contributed by atoms with van der Waals surface area (Å²) in [4.78, 5) is 62.8. The van der Waals surface area contributed by atoms with E-state index in [1.54, 1.807) is 20.0 Å². The van der Waals surface area contributed by atoms with Gasteiger partial charge in [-0.1, -0.05) is 32.0 Å². The van der Waals surface area contributed by atoms with Crippen molar-refractivity contribution in [1.29, 1.82) is 0 Å². The van der Waals surface area contributed by atoms with E-state index in [0.29, 0.717) is 0 Å². The fourth-order valence-electron chi connectivity index (χ4n) is 3.49. The molecule has 2 rings (SSSR count). The van der Waals surface area contributed by atoms with Crippen molar-refractivity contribution in [3.05, 3.63) is 36.0 Å². The van der Waals surface area contributed by atoms with E-state index in [1.165, 1.54) is 0 Å². The number of carboxylic acids is 1. The number of hydrogen-bond acceptors (Lipinski definition) is 6. The van der Waals surface area contributed by atoms with Gasteiger partial charge < -0.3 is 37.5 Å². The quantitative estimate of drug-likeness (QED) is 0.189. The Bertz CT molecular complexity index is 1080. The monoisotopic (exact) mass is 488 g/mol. The molecule has 0 fully saturated rings. The number of hydrogen-bond donors (Lipinski definition) is 7. The molecule has 0 saturated carbocycles. The minimum Gasteiger partial charge on any atom is -0.480 e. The number of carbonyl (C=O) groups is 5. The molecule has 190 valence electrons. The van der Waals surface area contributed by atoms with Crippen molar-refractivity contribution in [3.8, 4) is 0 Å². The van der Waals surface area contributed by atoms with Gasteiger partial charge in [-0.15, -0.1) is 0 Å². The third-order valence-corrected chi connectivity index (χ3v) is 5.43. The number of aromatic nitrogens is 1. The van der Waals surface area contributed by atoms with Crippen molar-refractivity contribution in [3.63, 3.8) is 0 Å². The van der Waals surface area contributed by atoms with Gasteiger partial charge in [0, 0.05) is 23.5 Å². The van der Waals surface area contributed by atoms with Crippen LogP contribution in [0, 0.1) is 5.92 Å². The Morgan fingerprint density at radius 2 is 1.74 bits per heavy atom. The average Bonchev–Trinajstić information content (AvgIpc) is 3.20. The molecule has 12 nitrogen and oxygen atoms in total. The lowest BCUT2D eigenvalue weighted by molar-refractivity contribution is -0.142. The summed E-state index contributed by atoms with van der Waals surface area (Å²) < 4.78 is 0. The van der Waals surface area contributed by atoms with Gasteiger partial charge in [0.15, 0.2) is 0 Å². The number of carboxylic acid groups (broad SMARTS) is 1. The van der Waals surface area contributed by atoms with Gasteiger partial charge in [0.2, 0.25) is 23.6 Å². The SMILES string of the molecule is CC(C)C(NC(=O)CNC(=O)C(N)Cc1c[nH]c2ccccc12)C(=O)NC(CCC(N)=O)C(=O)O. The lowest BCUT2D eigenvalue weighted by atomic mass is 10.0. The second-order valence-electron chi connectivity index (χ2n) is 8.58. The van der Waals surface area contributed by atoms with Crippen LogP contribution in [0.4, 0.5) is 0 Å². The zero-order valence-electron chi connectivity index (χ0n) is 19.7. The Balaban J connectivity index is 1.89. The van der Waals surface area contributed by atoms with E-state index in [-0.39, 0.29) is 25.2 Å². The summed E-state index contributed by atoms with van der Waals surface area (Å²) in [5, 5.41) is 17.5. The maximum Gasteiger partial charge on any atom is 0.326 e. The number of aliphatic carboxylic acids is 1. The topological polar surface area (TPSA) is 209 Å². The van der Waals surface area contributed by atoms with Gasteiger partial charge in [-0.3, -0.25) is 19.2 Å². The Morgan fingerprint density at radius 3 is 2.37 bits per heavy atom. The van der Waals surface area contributed by atoms with Gasteiger partial charge in [0.25, 0.3) is 0 Å². The number of fused-ring (bicyclic) bond motifs is 1. The lowest BCUT2D eigenvalue weighted by Gasteiger charge is -2.24. The van der Waals surface area contributed by atoms with Crippen molar-refractivity contribution < 1.29 is 29.1 Å². The number of aromatic amines is 1. The Labute approximate surface area is 202 Å². The molecule has 4 amide bonds. The summed E-state index contributed by atoms with van der Waals surface area (Å²) in [6.07, 6.45) is 1.64. The Hall–Kier alpha value is -3.93. The third kappa shape index (κ3) is 8.10. The minimum atomic E-state index is -1.34. The predicted molar refractivity (Wildman–Crippen MR) is 128 cm³/mol. The number of rotatable bonds is 13. The largest absolute Gasteiger partial charge is 0.480 e. The number of amides is 4. The average molecular weight is 489 g/mol. The van der Waals surface area contributed by atoms with Crippen molar-refractivity contribution in [2.24, 2.45) is 17.4 Å². The molecule has 0 aliphatic rings. The minimum absolute atomic E-state index is 0.181. The summed E-state index contributed by atoms with van der Waals surface area (Å²) in [5.74, 6) is -4.32. The smallest absolute Gasteiger partial charge is 0.326 e. The van der Waals surface area contributed by atoms with Crippen LogP contribution >= 0.6 is 0 Å². The van der Waals surface area contributed by atoms with Gasteiger partial charge >= 0.3 is 5.97 Å². The number of nitrogens with one attached hydrogen (secondary N) is 4. The van der Waals surface area contributed by atoms with Crippen LogP contribution in [0.1, 0.15) is 32.3 Å². The molecule has 2 aromatic rings. The second-order valence-corrected chi connectivity index (χ2v) is 8.58. The number of nitrogens with two attached hydrogens (primary N) is 2. The van der Waals surface area contributed by atoms with Crippen molar-refractivity contribution in [2.75, 3.05) is 6.54 Å². The zero-order valence-corrected chi connectivity index (χ0v) is 19.7. The molecular weight excluding hydrogens is 456 g/mol. The molecular formula is C23H32N6O6. The van der Waals surface area contributed by atoms with Crippen LogP contribution in [-0.4, -0.2) is 64.4 Å². The molecule has 1 aromatic heterocycles. The van der Waals surface area contributed by atoms with Crippen LogP contribution in [0.15, 0.2) is 30.5 Å². The highest BCUT2D eigenvalue weighted by molar-refractivity contribution is 5.93. The molecule has 0 radical (unpaired) electrons. The van der Waals surface area contributed by atoms with Crippen molar-refractivity contribution in [1.82, 2.24) is 20.9 Å². The molecule has 1 heterocycles. The first kappa shape index (κ1) is 27.3. The summed E-state index contributed by atoms with van der Waals surface area (Å²) in [5.41, 5.74) is 12.8. The first-order chi connectivity index (χ1) is 16.5. The Kier molecular flexibility index (Phi) is 9.76. The van der Waals surface area contributed by atoms with E-state index >= 15 is 0 Å². The van der Waals surface area contributed by atoms with E-state index in [2.05, 4.69) is 20.9 Å². The van der Waals surface area contributed by atoms with Crippen LogP contribution in [0.3, 0.4) is 0 Å². The van der Waals surface area contributed by atoms with Crippen molar-refractivity contribution in [2.45, 2.75) is 51.2 Å². The standard InChI is InChI=1S/C23H32N6O6/c1-12(2)20(22(33)28-17(23(34)35)7-8-18(25)30)29-19(31)11-27-21(32)15(24)9-13-10-26-16-6-4-3-5-14(13)16/h3-6,10,12,15,17,20,26H,7-9,11,24H2,1-2H3,(H2,25,30)(H,27,32)(H,28,33)(H,29,31)(H,34,35). The highest BCUT2D eigenvalue weighted by Gasteiger charge is 2.29. The van der Waals surface area contributed by atoms with Crippen LogP contribution < -0.4 is 27.4 Å². The van der Waals surface area contributed by atoms with Gasteiger partial charge in [-0.05, 0) is 30.4 Å². The summed E-state index contributed by atoms with van der Waals surface area (Å²) in [6.45, 7) is 2.92. The maximum absolute atomic E-state index is 12.6. The molecule has 3 unspecified atom stereocenters. The van der Waals surface area contributed by atoms with Crippen LogP contribution in [0.25, 0.3) is 10.9 Å². The highest BCUT2D eigenvalue weighted by atomic mass is 16.4. The molecule has 0 bridgehead atoms. The molecule has 0 aliphatic carbocycles. The molecule has 12 heteroatoms. The van der Waals surface area contributed by atoms with E-state index in [1.807, 2.05) is 24.3 Å². The number of primary amides is 1. The van der Waals surface area contributed by atoms with E-state index in [9.17, 15) is 29.1 Å². The molecule has 0 saturated heterocycles. The normalized spacial score (nSPS) is 13.6. The number of para-hydroxylation sites is 1. The number of H-pyrrole nitrogens is 1. The predicted octanol–water partition coefficient (Wildman–Crippen LogP) is -0.870. The summed E-state index contributed by atoms with van der Waals surface area (Å²) >= 11 is 0. The van der Waals surface area contributed by atoms with Crippen LogP contribution in [0.5, 0.6) is 0 Å². The molecule has 9 N–H and O–H groups in total. The number of benzene rings is 1. The van der Waals surface area contributed by atoms with Gasteiger partial charge in [-0.25, -0.2) is 4.79 Å². The zero-order chi connectivity index (χ0) is 26.1. The lowest BCUT2D eigenvalue weighted by Crippen LogP contribution is -2.55. The van der Waals surface area contributed by atoms with Gasteiger partial charge in [0.1, 0.15) is 12.1 Å². The molecule has 0 aliphatic heterocycles. The molecule has 0 spiro atoms. The Morgan fingerprint density at radius 1 is 1.06 bits per heavy atom. The summed E-state index contributed by atoms with van der Waals surface area (Å²) in [7, 11) is 0. The molecule has 1 aromatic carbocycles. The molecule has 35 heavy (non-hydrogen) atoms. The van der Waals surface area contributed by atoms with Gasteiger partial charge in [-0.2, -0.15) is 0 Å². The van der Waals surface area contributed by atoms with Gasteiger partial charge in [0.05, 0.1) is 12.6 Å². The van der Waals surface area contributed by atoms with Crippen molar-refractivity contribution >= 4 is 40.5 Å². The van der Waals surface area contributed by atoms with E-state index < -0.39 is 54.3 Å². The van der Waals surface area contributed by atoms with Crippen LogP contribution in [0.2, 0.25) is 0 Å². The highest BCUT2D eigenvalue weighted by Crippen LogP contribution is 2.18.